The van der Waals surface area contributed by atoms with E-state index >= 15 is 0 Å². The molecular weight excluding hydrogens is 212 g/mol. The summed E-state index contributed by atoms with van der Waals surface area (Å²) in [4.78, 5) is 20.2. The molecule has 0 saturated carbocycles. The third kappa shape index (κ3) is 2.90. The lowest BCUT2D eigenvalue weighted by Gasteiger charge is -1.83. The van der Waals surface area contributed by atoms with Crippen LogP contribution in [0.5, 0.6) is 0 Å². The van der Waals surface area contributed by atoms with Gasteiger partial charge in [-0.1, -0.05) is 12.1 Å². The molecule has 0 radical (unpaired) electrons. The molecule has 0 fully saturated rings. The summed E-state index contributed by atoms with van der Waals surface area (Å²) < 4.78 is 10.4. The number of rotatable bonds is 2. The molecule has 84 valence electrons. The summed E-state index contributed by atoms with van der Waals surface area (Å²) in [6.07, 6.45) is 2.74. The van der Waals surface area contributed by atoms with Crippen LogP contribution >= 0.6 is 0 Å². The van der Waals surface area contributed by atoms with Crippen LogP contribution in [0, 0.1) is 6.92 Å². The summed E-state index contributed by atoms with van der Waals surface area (Å²) in [6.45, 7) is 3.81. The highest BCUT2D eigenvalue weighted by molar-refractivity contribution is 5.48. The first-order valence-electron chi connectivity index (χ1n) is 4.59. The van der Waals surface area contributed by atoms with Gasteiger partial charge in [-0.05, 0) is 6.42 Å². The molecule has 0 aromatic carbocycles. The SMILES string of the molecule is CCc1cc(-c2cnc(C)o2)on1.O=C=O. The third-order valence-corrected chi connectivity index (χ3v) is 1.79. The van der Waals surface area contributed by atoms with Gasteiger partial charge in [0.15, 0.2) is 11.7 Å². The third-order valence-electron chi connectivity index (χ3n) is 1.79. The van der Waals surface area contributed by atoms with Crippen LogP contribution in [0.15, 0.2) is 21.2 Å². The summed E-state index contributed by atoms with van der Waals surface area (Å²) in [5, 5.41) is 3.86. The van der Waals surface area contributed by atoms with Gasteiger partial charge >= 0.3 is 6.15 Å². The lowest BCUT2D eigenvalue weighted by Crippen LogP contribution is -1.73. The van der Waals surface area contributed by atoms with E-state index < -0.39 is 0 Å². The van der Waals surface area contributed by atoms with Crippen molar-refractivity contribution in [2.24, 2.45) is 0 Å². The van der Waals surface area contributed by atoms with E-state index in [1.165, 1.54) is 0 Å². The molecule has 0 amide bonds. The first-order chi connectivity index (χ1) is 7.71. The molecule has 16 heavy (non-hydrogen) atoms. The van der Waals surface area contributed by atoms with Crippen molar-refractivity contribution in [2.45, 2.75) is 20.3 Å². The van der Waals surface area contributed by atoms with Gasteiger partial charge in [0.2, 0.25) is 5.76 Å². The van der Waals surface area contributed by atoms with Gasteiger partial charge < -0.3 is 8.94 Å². The van der Waals surface area contributed by atoms with Crippen molar-refractivity contribution in [2.75, 3.05) is 0 Å². The average Bonchev–Trinajstić information content (AvgIpc) is 2.86. The number of hydrogen-bond donors (Lipinski definition) is 0. The van der Waals surface area contributed by atoms with Crippen molar-refractivity contribution in [3.05, 3.63) is 23.8 Å². The highest BCUT2D eigenvalue weighted by Crippen LogP contribution is 2.20. The predicted octanol–water partition coefficient (Wildman–Crippen LogP) is 1.62. The van der Waals surface area contributed by atoms with Crippen LogP contribution in [0.4, 0.5) is 0 Å². The van der Waals surface area contributed by atoms with Crippen molar-refractivity contribution in [3.63, 3.8) is 0 Å². The normalized spacial score (nSPS) is 9.12. The Kier molecular flexibility index (Phi) is 4.17. The van der Waals surface area contributed by atoms with Crippen LogP contribution in [-0.2, 0) is 16.0 Å². The molecule has 6 heteroatoms. The lowest BCUT2D eigenvalue weighted by atomic mass is 10.3. The summed E-state index contributed by atoms with van der Waals surface area (Å²) in [7, 11) is 0. The number of hydrogen-bond acceptors (Lipinski definition) is 6. The Balaban J connectivity index is 0.000000386. The maximum absolute atomic E-state index is 8.12. The first kappa shape index (κ1) is 11.9. The Morgan fingerprint density at radius 2 is 2.06 bits per heavy atom. The molecule has 2 aromatic heterocycles. The molecule has 0 aliphatic carbocycles. The molecule has 2 heterocycles. The molecule has 6 nitrogen and oxygen atoms in total. The van der Waals surface area contributed by atoms with Crippen molar-refractivity contribution < 1.29 is 18.5 Å². The average molecular weight is 222 g/mol. The quantitative estimate of drug-likeness (QED) is 0.767. The number of carbonyl (C=O) groups excluding carboxylic acids is 2. The van der Waals surface area contributed by atoms with Gasteiger partial charge in [-0.15, -0.1) is 0 Å². The minimum absolute atomic E-state index is 0.250. The molecule has 0 aliphatic rings. The molecule has 0 bridgehead atoms. The summed E-state index contributed by atoms with van der Waals surface area (Å²) in [5.74, 6) is 1.89. The topological polar surface area (TPSA) is 86.2 Å². The second kappa shape index (κ2) is 5.63. The largest absolute Gasteiger partial charge is 0.438 e. The highest BCUT2D eigenvalue weighted by Gasteiger charge is 2.09. The smallest absolute Gasteiger partial charge is 0.373 e. The Labute approximate surface area is 91.3 Å². The Hall–Kier alpha value is -2.20. The van der Waals surface area contributed by atoms with E-state index in [4.69, 9.17) is 18.5 Å². The van der Waals surface area contributed by atoms with Gasteiger partial charge in [-0.25, -0.2) is 4.98 Å². The standard InChI is InChI=1S/C9H10N2O2.CO2/c1-3-7-4-8(13-11-7)9-5-10-6(2)12-9;2-1-3/h4-5H,3H2,1-2H3;. The lowest BCUT2D eigenvalue weighted by molar-refractivity contribution is -0.191. The van der Waals surface area contributed by atoms with E-state index in [-0.39, 0.29) is 6.15 Å². The first-order valence-corrected chi connectivity index (χ1v) is 4.59. The van der Waals surface area contributed by atoms with Gasteiger partial charge in [0.25, 0.3) is 0 Å². The minimum atomic E-state index is 0.250. The molecule has 0 unspecified atom stereocenters. The fourth-order valence-electron chi connectivity index (χ4n) is 1.07. The fourth-order valence-corrected chi connectivity index (χ4v) is 1.07. The second-order valence-corrected chi connectivity index (χ2v) is 2.86. The van der Waals surface area contributed by atoms with Crippen molar-refractivity contribution in [1.29, 1.82) is 0 Å². The van der Waals surface area contributed by atoms with Crippen LogP contribution in [0.1, 0.15) is 18.5 Å². The predicted molar refractivity (Wildman–Crippen MR) is 51.1 cm³/mol. The summed E-state index contributed by atoms with van der Waals surface area (Å²) in [5.41, 5.74) is 0.920. The van der Waals surface area contributed by atoms with Crippen molar-refractivity contribution >= 4 is 6.15 Å². The fraction of sp³-hybridized carbons (Fsp3) is 0.300. The van der Waals surface area contributed by atoms with Gasteiger partial charge in [-0.3, -0.25) is 0 Å². The van der Waals surface area contributed by atoms with Gasteiger partial charge in [0.1, 0.15) is 0 Å². The van der Waals surface area contributed by atoms with E-state index in [1.807, 2.05) is 13.0 Å². The van der Waals surface area contributed by atoms with Gasteiger partial charge in [0, 0.05) is 13.0 Å². The van der Waals surface area contributed by atoms with E-state index in [2.05, 4.69) is 10.1 Å². The van der Waals surface area contributed by atoms with Crippen molar-refractivity contribution in [1.82, 2.24) is 10.1 Å². The van der Waals surface area contributed by atoms with E-state index in [1.54, 1.807) is 13.1 Å². The maximum Gasteiger partial charge on any atom is 0.373 e. The Morgan fingerprint density at radius 3 is 2.50 bits per heavy atom. The van der Waals surface area contributed by atoms with E-state index in [0.717, 1.165) is 12.1 Å². The number of aromatic nitrogens is 2. The van der Waals surface area contributed by atoms with Gasteiger partial charge in [0.05, 0.1) is 11.9 Å². The molecular formula is C10H10N2O4. The monoisotopic (exact) mass is 222 g/mol. The maximum atomic E-state index is 8.12. The Morgan fingerprint density at radius 1 is 1.38 bits per heavy atom. The summed E-state index contributed by atoms with van der Waals surface area (Å²) >= 11 is 0. The molecule has 0 N–H and O–H groups in total. The highest BCUT2D eigenvalue weighted by atomic mass is 16.5. The van der Waals surface area contributed by atoms with Crippen LogP contribution < -0.4 is 0 Å². The van der Waals surface area contributed by atoms with Crippen LogP contribution in [-0.4, -0.2) is 16.3 Å². The number of aryl methyl sites for hydroxylation is 2. The number of oxazole rings is 1. The summed E-state index contributed by atoms with van der Waals surface area (Å²) in [6, 6.07) is 1.86. The van der Waals surface area contributed by atoms with E-state index in [9.17, 15) is 0 Å². The van der Waals surface area contributed by atoms with E-state index in [0.29, 0.717) is 17.4 Å². The zero-order valence-corrected chi connectivity index (χ0v) is 8.89. The van der Waals surface area contributed by atoms with Gasteiger partial charge in [-0.2, -0.15) is 9.59 Å². The molecule has 2 rings (SSSR count). The Bertz CT molecular complexity index is 480. The zero-order valence-electron chi connectivity index (χ0n) is 8.89. The molecule has 0 spiro atoms. The molecule has 0 aliphatic heterocycles. The minimum Gasteiger partial charge on any atom is -0.438 e. The van der Waals surface area contributed by atoms with Crippen LogP contribution in [0.3, 0.4) is 0 Å². The molecule has 2 aromatic rings. The molecule has 0 saturated heterocycles. The molecule has 0 atom stereocenters. The zero-order chi connectivity index (χ0) is 12.0. The van der Waals surface area contributed by atoms with Crippen LogP contribution in [0.2, 0.25) is 0 Å². The second-order valence-electron chi connectivity index (χ2n) is 2.86. The van der Waals surface area contributed by atoms with Crippen LogP contribution in [0.25, 0.3) is 11.5 Å². The van der Waals surface area contributed by atoms with Crippen molar-refractivity contribution in [3.8, 4) is 11.5 Å². The number of nitrogens with zero attached hydrogens (tertiary/aromatic N) is 2.